The molecule has 0 spiro atoms. The van der Waals surface area contributed by atoms with E-state index in [0.717, 1.165) is 5.56 Å². The van der Waals surface area contributed by atoms with Gasteiger partial charge in [0.1, 0.15) is 5.75 Å². The van der Waals surface area contributed by atoms with E-state index in [-0.39, 0.29) is 11.5 Å². The monoisotopic (exact) mass is 239 g/mol. The Hall–Kier alpha value is -1.00. The smallest absolute Gasteiger partial charge is 0.163 e. The van der Waals surface area contributed by atoms with Gasteiger partial charge in [0.15, 0.2) is 5.78 Å². The first-order valence-corrected chi connectivity index (χ1v) is 5.65. The molecule has 1 aliphatic carbocycles. The van der Waals surface area contributed by atoms with Crippen molar-refractivity contribution in [3.63, 3.8) is 0 Å². The van der Waals surface area contributed by atoms with Crippen LogP contribution in [0.2, 0.25) is 0 Å². The largest absolute Gasteiger partial charge is 0.506 e. The lowest BCUT2D eigenvalue weighted by Crippen LogP contribution is -1.94. The summed E-state index contributed by atoms with van der Waals surface area (Å²) in [6.07, 6.45) is 2.53. The molecule has 1 fully saturated rings. The van der Waals surface area contributed by atoms with Gasteiger partial charge in [-0.25, -0.2) is 0 Å². The summed E-state index contributed by atoms with van der Waals surface area (Å²) in [6.45, 7) is 3.27. The fraction of sp³-hybridized carbons (Fsp3) is 0.417. The zero-order valence-electron chi connectivity index (χ0n) is 9.53. The highest BCUT2D eigenvalue weighted by molar-refractivity contribution is 7.80. The van der Waals surface area contributed by atoms with Crippen LogP contribution in [0.3, 0.4) is 0 Å². The predicted molar refractivity (Wildman–Crippen MR) is 67.3 cm³/mol. The van der Waals surface area contributed by atoms with Crippen LogP contribution in [-0.4, -0.2) is 16.9 Å². The molecule has 0 aromatic heterocycles. The van der Waals surface area contributed by atoms with Gasteiger partial charge in [-0.2, -0.15) is 0 Å². The number of carbonyl (C=O) groups is 1. The lowest BCUT2D eigenvalue weighted by molar-refractivity contribution is 0.101. The van der Waals surface area contributed by atoms with Crippen LogP contribution >= 0.6 is 12.6 Å². The van der Waals surface area contributed by atoms with Crippen molar-refractivity contribution < 1.29 is 9.90 Å². The van der Waals surface area contributed by atoms with Gasteiger partial charge >= 0.3 is 0 Å². The maximum absolute atomic E-state index is 11.0. The first-order valence-electron chi connectivity index (χ1n) is 5.21. The summed E-state index contributed by atoms with van der Waals surface area (Å²) in [5, 5.41) is 9.40. The summed E-state index contributed by atoms with van der Waals surface area (Å²) < 4.78 is 0. The minimum absolute atomic E-state index is 0.0311. The number of ketones is 1. The third kappa shape index (κ3) is 3.87. The van der Waals surface area contributed by atoms with Gasteiger partial charge in [-0.15, -0.1) is 12.6 Å². The average molecular weight is 239 g/mol. The van der Waals surface area contributed by atoms with Crippen LogP contribution in [-0.2, 0) is 0 Å². The number of aromatic hydroxyl groups is 1. The highest BCUT2D eigenvalue weighted by atomic mass is 32.1. The molecule has 0 heterocycles. The molecule has 3 N–H and O–H groups in total. The number of benzene rings is 1. The second-order valence-corrected chi connectivity index (χ2v) is 4.56. The predicted octanol–water partition coefficient (Wildman–Crippen LogP) is 2.30. The molecule has 1 aliphatic rings. The lowest BCUT2D eigenvalue weighted by Gasteiger charge is -2.04. The molecule has 0 atom stereocenters. The van der Waals surface area contributed by atoms with E-state index in [1.807, 2.05) is 6.92 Å². The fourth-order valence-electron chi connectivity index (χ4n) is 1.12. The number of thiol groups is 1. The molecule has 0 saturated heterocycles. The summed E-state index contributed by atoms with van der Waals surface area (Å²) >= 11 is 4.03. The van der Waals surface area contributed by atoms with Crippen LogP contribution in [0.1, 0.15) is 35.7 Å². The van der Waals surface area contributed by atoms with Gasteiger partial charge in [0, 0.05) is 10.9 Å². The van der Waals surface area contributed by atoms with E-state index in [2.05, 4.69) is 12.6 Å². The third-order valence-electron chi connectivity index (χ3n) is 2.24. The Morgan fingerprint density at radius 2 is 2.00 bits per heavy atom. The molecule has 16 heavy (non-hydrogen) atoms. The van der Waals surface area contributed by atoms with Crippen LogP contribution in [0.4, 0.5) is 0 Å². The van der Waals surface area contributed by atoms with Gasteiger partial charge in [-0.05, 0) is 44.4 Å². The second kappa shape index (κ2) is 5.37. The molecule has 4 heteroatoms. The van der Waals surface area contributed by atoms with E-state index in [0.29, 0.717) is 16.5 Å². The van der Waals surface area contributed by atoms with Crippen LogP contribution < -0.4 is 5.73 Å². The molecule has 0 aliphatic heterocycles. The molecule has 1 aromatic carbocycles. The van der Waals surface area contributed by atoms with Gasteiger partial charge in [0.2, 0.25) is 0 Å². The summed E-state index contributed by atoms with van der Waals surface area (Å²) in [5.74, 6) is -0.178. The standard InChI is InChI=1S/C9H10O2S.C3H7N/c1-5-3-7(6(2)10)9(11)8(12)4-5;4-3-1-2-3/h3-4,11-12H,1-2H3;3H,1-2,4H2. The van der Waals surface area contributed by atoms with Crippen molar-refractivity contribution in [3.05, 3.63) is 23.3 Å². The molecule has 0 amide bonds. The highest BCUT2D eigenvalue weighted by Crippen LogP contribution is 2.27. The van der Waals surface area contributed by atoms with Crippen LogP contribution in [0.25, 0.3) is 0 Å². The highest BCUT2D eigenvalue weighted by Gasteiger charge is 2.13. The molecule has 3 nitrogen and oxygen atoms in total. The Morgan fingerprint density at radius 1 is 1.50 bits per heavy atom. The van der Waals surface area contributed by atoms with Crippen LogP contribution in [0, 0.1) is 6.92 Å². The Kier molecular flexibility index (Phi) is 4.38. The second-order valence-electron chi connectivity index (χ2n) is 4.07. The minimum Gasteiger partial charge on any atom is -0.506 e. The summed E-state index contributed by atoms with van der Waals surface area (Å²) in [4.78, 5) is 11.4. The maximum Gasteiger partial charge on any atom is 0.163 e. The van der Waals surface area contributed by atoms with E-state index in [1.54, 1.807) is 12.1 Å². The van der Waals surface area contributed by atoms with Crippen molar-refractivity contribution in [1.82, 2.24) is 0 Å². The maximum atomic E-state index is 11.0. The topological polar surface area (TPSA) is 63.3 Å². The Balaban J connectivity index is 0.000000267. The summed E-state index contributed by atoms with van der Waals surface area (Å²) in [5.41, 5.74) is 6.48. The number of rotatable bonds is 1. The number of phenolic OH excluding ortho intramolecular Hbond substituents is 1. The Morgan fingerprint density at radius 3 is 2.38 bits per heavy atom. The van der Waals surface area contributed by atoms with E-state index < -0.39 is 0 Å². The minimum atomic E-state index is -0.147. The molecular weight excluding hydrogens is 222 g/mol. The molecule has 0 radical (unpaired) electrons. The summed E-state index contributed by atoms with van der Waals surface area (Å²) in [7, 11) is 0. The van der Waals surface area contributed by atoms with Gasteiger partial charge in [-0.1, -0.05) is 0 Å². The first kappa shape index (κ1) is 13.1. The van der Waals surface area contributed by atoms with Crippen molar-refractivity contribution in [2.45, 2.75) is 37.6 Å². The number of hydrogen-bond donors (Lipinski definition) is 3. The number of carbonyl (C=O) groups excluding carboxylic acids is 1. The molecule has 2 rings (SSSR count). The first-order chi connectivity index (χ1) is 7.41. The van der Waals surface area contributed by atoms with Gasteiger partial charge in [-0.3, -0.25) is 4.79 Å². The van der Waals surface area contributed by atoms with E-state index in [4.69, 9.17) is 5.73 Å². The molecule has 1 saturated carbocycles. The van der Waals surface area contributed by atoms with Crippen molar-refractivity contribution in [2.75, 3.05) is 0 Å². The molecular formula is C12H17NO2S. The number of Topliss-reactive ketones (excluding diaryl/α,β-unsaturated/α-hetero) is 1. The van der Waals surface area contributed by atoms with Crippen LogP contribution in [0.15, 0.2) is 17.0 Å². The lowest BCUT2D eigenvalue weighted by atomic mass is 10.1. The van der Waals surface area contributed by atoms with Crippen molar-refractivity contribution >= 4 is 18.4 Å². The molecule has 0 bridgehead atoms. The zero-order valence-corrected chi connectivity index (χ0v) is 10.4. The number of phenols is 1. The normalized spacial score (nSPS) is 14.0. The number of aryl methyl sites for hydroxylation is 1. The summed E-state index contributed by atoms with van der Waals surface area (Å²) in [6, 6.07) is 3.95. The average Bonchev–Trinajstić information content (AvgIpc) is 2.95. The third-order valence-corrected chi connectivity index (χ3v) is 2.58. The zero-order chi connectivity index (χ0) is 12.3. The molecule has 0 unspecified atom stereocenters. The number of hydrogen-bond acceptors (Lipinski definition) is 4. The van der Waals surface area contributed by atoms with Gasteiger partial charge in [0.05, 0.1) is 5.56 Å². The molecule has 88 valence electrons. The van der Waals surface area contributed by atoms with Crippen molar-refractivity contribution in [3.8, 4) is 5.75 Å². The molecule has 1 aromatic rings. The van der Waals surface area contributed by atoms with E-state index in [1.165, 1.54) is 19.8 Å². The fourth-order valence-corrected chi connectivity index (χ4v) is 1.45. The number of nitrogens with two attached hydrogens (primary N) is 1. The Bertz CT molecular complexity index is 400. The van der Waals surface area contributed by atoms with Crippen molar-refractivity contribution in [2.24, 2.45) is 5.73 Å². The van der Waals surface area contributed by atoms with Crippen LogP contribution in [0.5, 0.6) is 5.75 Å². The van der Waals surface area contributed by atoms with E-state index in [9.17, 15) is 9.90 Å². The quantitative estimate of drug-likeness (QED) is 0.520. The SMILES string of the molecule is CC(=O)c1cc(C)cc(S)c1O.NC1CC1. The van der Waals surface area contributed by atoms with E-state index >= 15 is 0 Å². The van der Waals surface area contributed by atoms with Gasteiger partial charge in [0.25, 0.3) is 0 Å². The van der Waals surface area contributed by atoms with Gasteiger partial charge < -0.3 is 10.8 Å². The Labute approximate surface area is 101 Å². The van der Waals surface area contributed by atoms with Crippen molar-refractivity contribution in [1.29, 1.82) is 0 Å².